The Bertz CT molecular complexity index is 310. The van der Waals surface area contributed by atoms with E-state index in [1.54, 1.807) is 0 Å². The van der Waals surface area contributed by atoms with Crippen LogP contribution in [0.5, 0.6) is 0 Å². The molecular formula is C19H39N3O3. The molecule has 0 amide bonds. The maximum Gasteiger partial charge on any atom is 0.104 e. The quantitative estimate of drug-likeness (QED) is 0.137. The van der Waals surface area contributed by atoms with Crippen LogP contribution in [0, 0.1) is 0 Å². The van der Waals surface area contributed by atoms with Gasteiger partial charge < -0.3 is 14.6 Å². The molecule has 0 saturated heterocycles. The van der Waals surface area contributed by atoms with Gasteiger partial charge in [-0.2, -0.15) is 0 Å². The summed E-state index contributed by atoms with van der Waals surface area (Å²) in [5.41, 5.74) is 8.17. The molecule has 0 aromatic heterocycles. The third-order valence-electron chi connectivity index (χ3n) is 4.22. The van der Waals surface area contributed by atoms with E-state index in [-0.39, 0.29) is 12.7 Å². The van der Waals surface area contributed by atoms with E-state index >= 15 is 0 Å². The van der Waals surface area contributed by atoms with E-state index in [2.05, 4.69) is 16.9 Å². The highest BCUT2D eigenvalue weighted by molar-refractivity contribution is 4.55. The maximum absolute atomic E-state index is 9.33. The van der Waals surface area contributed by atoms with Crippen LogP contribution in [0.25, 0.3) is 10.4 Å². The Morgan fingerprint density at radius 2 is 1.48 bits per heavy atom. The first-order valence-electron chi connectivity index (χ1n) is 10.2. The highest BCUT2D eigenvalue weighted by Crippen LogP contribution is 2.07. The van der Waals surface area contributed by atoms with E-state index in [4.69, 9.17) is 15.0 Å². The highest BCUT2D eigenvalue weighted by atomic mass is 16.5. The average Bonchev–Trinajstić information content (AvgIpc) is 2.63. The topological polar surface area (TPSA) is 87.5 Å². The third-order valence-corrected chi connectivity index (χ3v) is 4.22. The van der Waals surface area contributed by atoms with Crippen LogP contribution in [0.1, 0.15) is 84.0 Å². The molecule has 0 aromatic rings. The third kappa shape index (κ3) is 19.4. The number of ether oxygens (including phenoxy) is 2. The van der Waals surface area contributed by atoms with Crippen LogP contribution < -0.4 is 0 Å². The van der Waals surface area contributed by atoms with E-state index in [1.807, 2.05) is 0 Å². The standard InChI is InChI=1S/C19H39N3O3/c1-2-3-4-5-10-13-16-25-19(17-23)18-24-15-12-9-7-6-8-11-14-21-22-20/h19,23H,2-18H2,1H3/t19-/m0/s1. The Kier molecular flexibility index (Phi) is 20.5. The lowest BCUT2D eigenvalue weighted by molar-refractivity contribution is -0.0437. The van der Waals surface area contributed by atoms with E-state index in [9.17, 15) is 5.11 Å². The first kappa shape index (κ1) is 24.2. The summed E-state index contributed by atoms with van der Waals surface area (Å²) in [4.78, 5) is 2.74. The van der Waals surface area contributed by atoms with Gasteiger partial charge in [0.1, 0.15) is 6.10 Å². The number of aliphatic hydroxyl groups excluding tert-OH is 1. The molecule has 25 heavy (non-hydrogen) atoms. The van der Waals surface area contributed by atoms with Gasteiger partial charge in [0.15, 0.2) is 0 Å². The fourth-order valence-corrected chi connectivity index (χ4v) is 2.64. The number of nitrogens with zero attached hydrogens (tertiary/aromatic N) is 3. The zero-order valence-corrected chi connectivity index (χ0v) is 16.2. The number of hydrogen-bond donors (Lipinski definition) is 1. The van der Waals surface area contributed by atoms with Gasteiger partial charge in [-0.1, -0.05) is 69.8 Å². The summed E-state index contributed by atoms with van der Waals surface area (Å²) < 4.78 is 11.3. The van der Waals surface area contributed by atoms with Crippen LogP contribution in [-0.4, -0.2) is 44.2 Å². The second-order valence-electron chi connectivity index (χ2n) is 6.59. The lowest BCUT2D eigenvalue weighted by Gasteiger charge is -2.15. The summed E-state index contributed by atoms with van der Waals surface area (Å²) in [6.07, 6.45) is 14.0. The zero-order valence-electron chi connectivity index (χ0n) is 16.2. The van der Waals surface area contributed by atoms with Crippen molar-refractivity contribution in [3.63, 3.8) is 0 Å². The summed E-state index contributed by atoms with van der Waals surface area (Å²) in [6.45, 7) is 4.80. The van der Waals surface area contributed by atoms with Crippen molar-refractivity contribution in [1.29, 1.82) is 0 Å². The fourth-order valence-electron chi connectivity index (χ4n) is 2.64. The molecule has 1 N–H and O–H groups in total. The van der Waals surface area contributed by atoms with Crippen molar-refractivity contribution < 1.29 is 14.6 Å². The molecule has 0 unspecified atom stereocenters. The number of rotatable bonds is 20. The molecule has 0 aliphatic carbocycles. The monoisotopic (exact) mass is 357 g/mol. The fraction of sp³-hybridized carbons (Fsp3) is 1.00. The van der Waals surface area contributed by atoms with Crippen molar-refractivity contribution in [2.45, 2.75) is 90.1 Å². The van der Waals surface area contributed by atoms with Crippen molar-refractivity contribution in [3.05, 3.63) is 10.4 Å². The minimum absolute atomic E-state index is 0.0288. The van der Waals surface area contributed by atoms with Gasteiger partial charge in [-0.05, 0) is 24.8 Å². The maximum atomic E-state index is 9.33. The van der Waals surface area contributed by atoms with Crippen LogP contribution in [0.2, 0.25) is 0 Å². The van der Waals surface area contributed by atoms with Gasteiger partial charge in [-0.15, -0.1) is 0 Å². The number of azide groups is 1. The molecular weight excluding hydrogens is 318 g/mol. The zero-order chi connectivity index (χ0) is 18.4. The largest absolute Gasteiger partial charge is 0.394 e. The molecule has 6 nitrogen and oxygen atoms in total. The lowest BCUT2D eigenvalue weighted by Crippen LogP contribution is -2.24. The van der Waals surface area contributed by atoms with Gasteiger partial charge in [0.2, 0.25) is 0 Å². The van der Waals surface area contributed by atoms with Crippen LogP contribution >= 0.6 is 0 Å². The molecule has 6 heteroatoms. The van der Waals surface area contributed by atoms with Crippen LogP contribution in [0.3, 0.4) is 0 Å². The molecule has 0 bridgehead atoms. The molecule has 0 aromatic carbocycles. The van der Waals surface area contributed by atoms with E-state index in [0.29, 0.717) is 13.2 Å². The minimum Gasteiger partial charge on any atom is -0.394 e. The van der Waals surface area contributed by atoms with E-state index in [0.717, 1.165) is 45.3 Å². The highest BCUT2D eigenvalue weighted by Gasteiger charge is 2.07. The Hall–Kier alpha value is -0.810. The lowest BCUT2D eigenvalue weighted by atomic mass is 10.1. The number of aliphatic hydroxyl groups is 1. The predicted molar refractivity (Wildman–Crippen MR) is 103 cm³/mol. The summed E-state index contributed by atoms with van der Waals surface area (Å²) in [7, 11) is 0. The molecule has 0 radical (unpaired) electrons. The van der Waals surface area contributed by atoms with E-state index in [1.165, 1.54) is 44.9 Å². The first-order chi connectivity index (χ1) is 12.3. The SMILES string of the molecule is CCCCCCCCO[C@@H](CO)COCCCCCCCCN=[N+]=[N-]. The van der Waals surface area contributed by atoms with Crippen molar-refractivity contribution in [2.75, 3.05) is 33.0 Å². The number of unbranched alkanes of at least 4 members (excludes halogenated alkanes) is 10. The normalized spacial score (nSPS) is 12.1. The number of hydrogen-bond acceptors (Lipinski definition) is 4. The van der Waals surface area contributed by atoms with Crippen molar-refractivity contribution in [2.24, 2.45) is 5.11 Å². The van der Waals surface area contributed by atoms with Crippen molar-refractivity contribution in [1.82, 2.24) is 0 Å². The van der Waals surface area contributed by atoms with Gasteiger partial charge in [-0.25, -0.2) is 0 Å². The van der Waals surface area contributed by atoms with E-state index < -0.39 is 0 Å². The van der Waals surface area contributed by atoms with Crippen LogP contribution in [-0.2, 0) is 9.47 Å². The Morgan fingerprint density at radius 1 is 0.880 bits per heavy atom. The minimum atomic E-state index is -0.184. The Morgan fingerprint density at radius 3 is 2.12 bits per heavy atom. The summed E-state index contributed by atoms with van der Waals surface area (Å²) in [5.74, 6) is 0. The van der Waals surface area contributed by atoms with Gasteiger partial charge >= 0.3 is 0 Å². The molecule has 1 atom stereocenters. The van der Waals surface area contributed by atoms with Crippen molar-refractivity contribution in [3.8, 4) is 0 Å². The summed E-state index contributed by atoms with van der Waals surface area (Å²) >= 11 is 0. The second kappa shape index (κ2) is 21.2. The van der Waals surface area contributed by atoms with Crippen LogP contribution in [0.15, 0.2) is 5.11 Å². The Balaban J connectivity index is 3.30. The molecule has 0 fully saturated rings. The van der Waals surface area contributed by atoms with Crippen molar-refractivity contribution >= 4 is 0 Å². The van der Waals surface area contributed by atoms with Gasteiger partial charge in [0, 0.05) is 24.7 Å². The smallest absolute Gasteiger partial charge is 0.104 e. The second-order valence-corrected chi connectivity index (χ2v) is 6.59. The summed E-state index contributed by atoms with van der Waals surface area (Å²) in [6, 6.07) is 0. The Labute approximate surface area is 153 Å². The molecule has 148 valence electrons. The molecule has 0 spiro atoms. The molecule has 0 saturated carbocycles. The first-order valence-corrected chi connectivity index (χ1v) is 10.2. The molecule has 0 heterocycles. The van der Waals surface area contributed by atoms with Gasteiger partial charge in [0.05, 0.1) is 13.2 Å². The predicted octanol–water partition coefficient (Wildman–Crippen LogP) is 5.39. The van der Waals surface area contributed by atoms with Gasteiger partial charge in [0.25, 0.3) is 0 Å². The van der Waals surface area contributed by atoms with Gasteiger partial charge in [-0.3, -0.25) is 0 Å². The van der Waals surface area contributed by atoms with Crippen LogP contribution in [0.4, 0.5) is 0 Å². The molecule has 0 aliphatic rings. The summed E-state index contributed by atoms with van der Waals surface area (Å²) in [5, 5.41) is 12.9. The average molecular weight is 358 g/mol. The molecule has 0 rings (SSSR count). The molecule has 0 aliphatic heterocycles.